The Hall–Kier alpha value is -3.71. The number of carbonyl (C=O) groups is 2. The first-order chi connectivity index (χ1) is 13.9. The van der Waals surface area contributed by atoms with Gasteiger partial charge in [-0.1, -0.05) is 41.9 Å². The normalized spacial score (nSPS) is 10.2. The van der Waals surface area contributed by atoms with Gasteiger partial charge in [0.1, 0.15) is 17.4 Å². The van der Waals surface area contributed by atoms with E-state index < -0.39 is 22.5 Å². The van der Waals surface area contributed by atoms with Crippen LogP contribution >= 0.6 is 11.6 Å². The number of esters is 2. The zero-order chi connectivity index (χ0) is 20.8. The molecule has 0 N–H and O–H groups in total. The van der Waals surface area contributed by atoms with Gasteiger partial charge >= 0.3 is 11.9 Å². The van der Waals surface area contributed by atoms with E-state index in [-0.39, 0.29) is 22.9 Å². The molecular formula is C21H14ClNO6. The van der Waals surface area contributed by atoms with E-state index in [1.54, 1.807) is 0 Å². The molecule has 29 heavy (non-hydrogen) atoms. The minimum Gasteiger partial charge on any atom is -0.457 e. The highest BCUT2D eigenvalue weighted by Crippen LogP contribution is 2.26. The summed E-state index contributed by atoms with van der Waals surface area (Å²) in [6, 6.07) is 18.7. The third kappa shape index (κ3) is 5.18. The van der Waals surface area contributed by atoms with Crippen molar-refractivity contribution < 1.29 is 24.0 Å². The maximum atomic E-state index is 12.2. The van der Waals surface area contributed by atoms with Gasteiger partial charge in [-0.15, -0.1) is 0 Å². The highest BCUT2D eigenvalue weighted by atomic mass is 35.5. The zero-order valence-electron chi connectivity index (χ0n) is 14.9. The summed E-state index contributed by atoms with van der Waals surface area (Å²) in [5.74, 6) is -1.13. The van der Waals surface area contributed by atoms with Crippen molar-refractivity contribution in [3.63, 3.8) is 0 Å². The Morgan fingerprint density at radius 2 is 1.55 bits per heavy atom. The van der Waals surface area contributed by atoms with Crippen LogP contribution in [0.5, 0.6) is 5.75 Å². The van der Waals surface area contributed by atoms with Gasteiger partial charge in [0.15, 0.2) is 0 Å². The van der Waals surface area contributed by atoms with Crippen LogP contribution in [0, 0.1) is 10.1 Å². The second-order valence-corrected chi connectivity index (χ2v) is 6.31. The summed E-state index contributed by atoms with van der Waals surface area (Å²) in [5, 5.41) is 10.8. The van der Waals surface area contributed by atoms with Crippen LogP contribution in [0.2, 0.25) is 5.02 Å². The Balaban J connectivity index is 1.63. The summed E-state index contributed by atoms with van der Waals surface area (Å²) < 4.78 is 10.4. The van der Waals surface area contributed by atoms with Crippen molar-refractivity contribution >= 4 is 29.2 Å². The van der Waals surface area contributed by atoms with Gasteiger partial charge in [0.25, 0.3) is 5.69 Å². The molecule has 0 aromatic heterocycles. The van der Waals surface area contributed by atoms with Crippen LogP contribution in [0.25, 0.3) is 0 Å². The maximum Gasteiger partial charge on any atom is 0.343 e. The third-order valence-corrected chi connectivity index (χ3v) is 4.21. The maximum absolute atomic E-state index is 12.2. The molecule has 0 aliphatic carbocycles. The second-order valence-electron chi connectivity index (χ2n) is 5.90. The summed E-state index contributed by atoms with van der Waals surface area (Å²) in [6.07, 6.45) is 0. The quantitative estimate of drug-likeness (QED) is 0.249. The van der Waals surface area contributed by atoms with E-state index in [0.717, 1.165) is 11.6 Å². The van der Waals surface area contributed by atoms with E-state index in [1.807, 2.05) is 30.3 Å². The number of hydrogen-bond acceptors (Lipinski definition) is 6. The molecule has 0 spiro atoms. The lowest BCUT2D eigenvalue weighted by Crippen LogP contribution is -2.09. The molecule has 0 saturated carbocycles. The first-order valence-corrected chi connectivity index (χ1v) is 8.79. The van der Waals surface area contributed by atoms with Crippen molar-refractivity contribution in [1.82, 2.24) is 0 Å². The van der Waals surface area contributed by atoms with Crippen LogP contribution in [0.4, 0.5) is 5.69 Å². The fourth-order valence-corrected chi connectivity index (χ4v) is 2.60. The summed E-state index contributed by atoms with van der Waals surface area (Å²) in [7, 11) is 0. The van der Waals surface area contributed by atoms with Crippen molar-refractivity contribution in [2.24, 2.45) is 0 Å². The van der Waals surface area contributed by atoms with Crippen molar-refractivity contribution in [2.75, 3.05) is 0 Å². The molecule has 0 amide bonds. The molecule has 0 radical (unpaired) electrons. The van der Waals surface area contributed by atoms with E-state index in [0.29, 0.717) is 5.56 Å². The monoisotopic (exact) mass is 411 g/mol. The lowest BCUT2D eigenvalue weighted by atomic mass is 10.2. The highest BCUT2D eigenvalue weighted by molar-refractivity contribution is 6.32. The molecule has 0 heterocycles. The molecule has 0 aliphatic heterocycles. The molecule has 3 aromatic rings. The fourth-order valence-electron chi connectivity index (χ4n) is 2.41. The average molecular weight is 412 g/mol. The molecule has 3 rings (SSSR count). The largest absolute Gasteiger partial charge is 0.457 e. The molecule has 0 aliphatic rings. The van der Waals surface area contributed by atoms with Gasteiger partial charge in [-0.25, -0.2) is 9.59 Å². The summed E-state index contributed by atoms with van der Waals surface area (Å²) >= 11 is 5.73. The van der Waals surface area contributed by atoms with Crippen LogP contribution in [-0.4, -0.2) is 16.9 Å². The minimum atomic E-state index is -0.788. The average Bonchev–Trinajstić information content (AvgIpc) is 2.73. The Bertz CT molecular complexity index is 1050. The van der Waals surface area contributed by atoms with Crippen LogP contribution in [-0.2, 0) is 11.3 Å². The van der Waals surface area contributed by atoms with Crippen LogP contribution in [0.3, 0.4) is 0 Å². The number of hydrogen-bond donors (Lipinski definition) is 0. The fraction of sp³-hybridized carbons (Fsp3) is 0.0476. The number of nitro groups is 1. The Morgan fingerprint density at radius 1 is 0.897 bits per heavy atom. The lowest BCUT2D eigenvalue weighted by Gasteiger charge is -2.07. The lowest BCUT2D eigenvalue weighted by molar-refractivity contribution is -0.384. The predicted octanol–water partition coefficient (Wildman–Crippen LogP) is 4.82. The van der Waals surface area contributed by atoms with E-state index in [1.165, 1.54) is 36.4 Å². The van der Waals surface area contributed by atoms with Gasteiger partial charge in [0.05, 0.1) is 16.1 Å². The molecule has 0 bridgehead atoms. The van der Waals surface area contributed by atoms with Crippen molar-refractivity contribution in [2.45, 2.75) is 6.61 Å². The molecule has 0 atom stereocenters. The van der Waals surface area contributed by atoms with E-state index in [4.69, 9.17) is 21.1 Å². The molecule has 146 valence electrons. The molecule has 0 unspecified atom stereocenters. The molecular weight excluding hydrogens is 398 g/mol. The van der Waals surface area contributed by atoms with E-state index in [2.05, 4.69) is 0 Å². The standard InChI is InChI=1S/C21H14ClNO6/c22-18-11-8-16(12-19(18)23(26)27)21(25)29-17-9-6-15(7-10-17)20(24)28-13-14-4-2-1-3-5-14/h1-12H,13H2. The topological polar surface area (TPSA) is 95.7 Å². The minimum absolute atomic E-state index is 0.0209. The molecule has 0 fully saturated rings. The number of nitrogens with zero attached hydrogens (tertiary/aromatic N) is 1. The Kier molecular flexibility index (Phi) is 6.21. The second kappa shape index (κ2) is 8.99. The van der Waals surface area contributed by atoms with E-state index >= 15 is 0 Å². The molecule has 7 nitrogen and oxygen atoms in total. The van der Waals surface area contributed by atoms with Crippen LogP contribution in [0.1, 0.15) is 26.3 Å². The molecule has 3 aromatic carbocycles. The Labute approximate surface area is 170 Å². The number of halogens is 1. The van der Waals surface area contributed by atoms with Gasteiger partial charge in [0, 0.05) is 6.07 Å². The molecule has 8 heteroatoms. The van der Waals surface area contributed by atoms with E-state index in [9.17, 15) is 19.7 Å². The first-order valence-electron chi connectivity index (χ1n) is 8.41. The van der Waals surface area contributed by atoms with Crippen LogP contribution in [0.15, 0.2) is 72.8 Å². The molecule has 0 saturated heterocycles. The predicted molar refractivity (Wildman–Crippen MR) is 105 cm³/mol. The smallest absolute Gasteiger partial charge is 0.343 e. The SMILES string of the molecule is O=C(OCc1ccccc1)c1ccc(OC(=O)c2ccc(Cl)c([N+](=O)[O-])c2)cc1. The third-order valence-electron chi connectivity index (χ3n) is 3.89. The number of ether oxygens (including phenoxy) is 2. The summed E-state index contributed by atoms with van der Waals surface area (Å²) in [5.41, 5.74) is 0.747. The van der Waals surface area contributed by atoms with Crippen molar-refractivity contribution in [3.05, 3.63) is 105 Å². The number of rotatable bonds is 6. The summed E-state index contributed by atoms with van der Waals surface area (Å²) in [6.45, 7) is 0.145. The van der Waals surface area contributed by atoms with Gasteiger partial charge in [-0.2, -0.15) is 0 Å². The van der Waals surface area contributed by atoms with Gasteiger partial charge < -0.3 is 9.47 Å². The van der Waals surface area contributed by atoms with Gasteiger partial charge in [0.2, 0.25) is 0 Å². The Morgan fingerprint density at radius 3 is 2.21 bits per heavy atom. The first kappa shape index (κ1) is 20.0. The number of carbonyl (C=O) groups excluding carboxylic acids is 2. The number of benzene rings is 3. The van der Waals surface area contributed by atoms with Gasteiger partial charge in [-0.05, 0) is 42.0 Å². The van der Waals surface area contributed by atoms with Crippen molar-refractivity contribution in [1.29, 1.82) is 0 Å². The number of nitro benzene ring substituents is 1. The summed E-state index contributed by atoms with van der Waals surface area (Å²) in [4.78, 5) is 34.5. The van der Waals surface area contributed by atoms with Crippen LogP contribution < -0.4 is 4.74 Å². The zero-order valence-corrected chi connectivity index (χ0v) is 15.7. The van der Waals surface area contributed by atoms with Crippen molar-refractivity contribution in [3.8, 4) is 5.75 Å². The highest BCUT2D eigenvalue weighted by Gasteiger charge is 2.18. The van der Waals surface area contributed by atoms with Gasteiger partial charge in [-0.3, -0.25) is 10.1 Å².